The highest BCUT2D eigenvalue weighted by molar-refractivity contribution is 6.33. The molecule has 0 radical (unpaired) electrons. The topological polar surface area (TPSA) is 26.3 Å². The van der Waals surface area contributed by atoms with Gasteiger partial charge in [-0.05, 0) is 26.2 Å². The molecule has 0 saturated heterocycles. The molecule has 0 aromatic rings. The van der Waals surface area contributed by atoms with Gasteiger partial charge in [0.25, 0.3) is 0 Å². The molecule has 90 valence electrons. The maximum atomic E-state index is 11.3. The average molecular weight is 235 g/mol. The minimum Gasteiger partial charge on any atom is -0.464 e. The van der Waals surface area contributed by atoms with Crippen molar-refractivity contribution in [2.75, 3.05) is 6.61 Å². The molecule has 0 aliphatic carbocycles. The van der Waals surface area contributed by atoms with E-state index in [0.29, 0.717) is 6.61 Å². The molecule has 0 heterocycles. The third-order valence-electron chi connectivity index (χ3n) is 2.14. The summed E-state index contributed by atoms with van der Waals surface area (Å²) < 4.78 is 5.04. The van der Waals surface area contributed by atoms with Crippen LogP contribution in [0.4, 0.5) is 0 Å². The van der Waals surface area contributed by atoms with Gasteiger partial charge in [-0.3, -0.25) is 4.79 Å². The molecular formula is C12H23ClO2. The van der Waals surface area contributed by atoms with Gasteiger partial charge >= 0.3 is 5.97 Å². The highest BCUT2D eigenvalue weighted by Gasteiger charge is 2.25. The van der Waals surface area contributed by atoms with Crippen LogP contribution in [0.25, 0.3) is 0 Å². The Morgan fingerprint density at radius 2 is 1.87 bits per heavy atom. The van der Waals surface area contributed by atoms with Gasteiger partial charge in [0.15, 0.2) is 0 Å². The van der Waals surface area contributed by atoms with Crippen LogP contribution in [0.15, 0.2) is 0 Å². The molecule has 0 rings (SSSR count). The summed E-state index contributed by atoms with van der Waals surface area (Å²) in [6, 6.07) is 0. The molecule has 0 aromatic carbocycles. The molecule has 0 aliphatic heterocycles. The van der Waals surface area contributed by atoms with Crippen molar-refractivity contribution in [3.63, 3.8) is 0 Å². The summed E-state index contributed by atoms with van der Waals surface area (Å²) in [6.07, 6.45) is 4.51. The molecule has 0 atom stereocenters. The SMILES string of the molecule is CC(C)CCCCCOC(=O)C(C)(C)Cl. The standard InChI is InChI=1S/C12H23ClO2/c1-10(2)8-6-5-7-9-15-11(14)12(3,4)13/h10H,5-9H2,1-4H3. The van der Waals surface area contributed by atoms with Crippen LogP contribution in [0.2, 0.25) is 0 Å². The molecule has 0 aliphatic rings. The molecule has 0 bridgehead atoms. The lowest BCUT2D eigenvalue weighted by molar-refractivity contribution is -0.146. The summed E-state index contributed by atoms with van der Waals surface area (Å²) in [7, 11) is 0. The van der Waals surface area contributed by atoms with Crippen LogP contribution >= 0.6 is 11.6 Å². The third kappa shape index (κ3) is 8.73. The minimum atomic E-state index is -0.891. The van der Waals surface area contributed by atoms with Crippen LogP contribution in [0, 0.1) is 5.92 Å². The summed E-state index contributed by atoms with van der Waals surface area (Å²) in [5.41, 5.74) is 0. The summed E-state index contributed by atoms with van der Waals surface area (Å²) >= 11 is 5.79. The van der Waals surface area contributed by atoms with Crippen LogP contribution < -0.4 is 0 Å². The van der Waals surface area contributed by atoms with Crippen LogP contribution in [-0.2, 0) is 9.53 Å². The number of esters is 1. The lowest BCUT2D eigenvalue weighted by Crippen LogP contribution is -2.27. The predicted molar refractivity (Wildman–Crippen MR) is 64.2 cm³/mol. The second-order valence-corrected chi connectivity index (χ2v) is 5.80. The zero-order valence-electron chi connectivity index (χ0n) is 10.3. The van der Waals surface area contributed by atoms with Gasteiger partial charge in [0.1, 0.15) is 4.87 Å². The summed E-state index contributed by atoms with van der Waals surface area (Å²) in [4.78, 5) is 10.4. The van der Waals surface area contributed by atoms with Gasteiger partial charge in [0.2, 0.25) is 0 Å². The normalized spacial score (nSPS) is 11.9. The first-order chi connectivity index (χ1) is 6.84. The minimum absolute atomic E-state index is 0.326. The molecule has 2 nitrogen and oxygen atoms in total. The Hall–Kier alpha value is -0.240. The highest BCUT2D eigenvalue weighted by Crippen LogP contribution is 2.15. The van der Waals surface area contributed by atoms with Crippen LogP contribution in [0.1, 0.15) is 53.4 Å². The van der Waals surface area contributed by atoms with Crippen LogP contribution in [-0.4, -0.2) is 17.5 Å². The first kappa shape index (κ1) is 14.8. The van der Waals surface area contributed by atoms with Crippen molar-refractivity contribution in [1.82, 2.24) is 0 Å². The van der Waals surface area contributed by atoms with Crippen molar-refractivity contribution in [3.05, 3.63) is 0 Å². The quantitative estimate of drug-likeness (QED) is 0.381. The van der Waals surface area contributed by atoms with Gasteiger partial charge in [-0.15, -0.1) is 11.6 Å². The van der Waals surface area contributed by atoms with Crippen molar-refractivity contribution >= 4 is 17.6 Å². The molecule has 0 saturated carbocycles. The number of alkyl halides is 1. The van der Waals surface area contributed by atoms with E-state index >= 15 is 0 Å². The first-order valence-electron chi connectivity index (χ1n) is 5.70. The van der Waals surface area contributed by atoms with E-state index in [1.54, 1.807) is 13.8 Å². The first-order valence-corrected chi connectivity index (χ1v) is 6.08. The molecule has 0 aromatic heterocycles. The molecule has 3 heteroatoms. The predicted octanol–water partition coefficient (Wildman–Crippen LogP) is 3.76. The number of rotatable bonds is 7. The number of carbonyl (C=O) groups excluding carboxylic acids is 1. The Labute approximate surface area is 98.3 Å². The number of halogens is 1. The fraction of sp³-hybridized carbons (Fsp3) is 0.917. The molecule has 0 spiro atoms. The lowest BCUT2D eigenvalue weighted by atomic mass is 10.1. The number of hydrogen-bond donors (Lipinski definition) is 0. The summed E-state index contributed by atoms with van der Waals surface area (Å²) in [5, 5.41) is 0. The highest BCUT2D eigenvalue weighted by atomic mass is 35.5. The molecular weight excluding hydrogens is 212 g/mol. The molecule has 0 amide bonds. The van der Waals surface area contributed by atoms with Gasteiger partial charge in [-0.2, -0.15) is 0 Å². The fourth-order valence-corrected chi connectivity index (χ4v) is 1.22. The number of ether oxygens (including phenoxy) is 1. The van der Waals surface area contributed by atoms with Crippen molar-refractivity contribution in [1.29, 1.82) is 0 Å². The van der Waals surface area contributed by atoms with Crippen molar-refractivity contribution in [2.45, 2.75) is 58.3 Å². The van der Waals surface area contributed by atoms with E-state index in [2.05, 4.69) is 13.8 Å². The maximum absolute atomic E-state index is 11.3. The van der Waals surface area contributed by atoms with E-state index in [1.807, 2.05) is 0 Å². The van der Waals surface area contributed by atoms with Crippen LogP contribution in [0.5, 0.6) is 0 Å². The lowest BCUT2D eigenvalue weighted by Gasteiger charge is -2.14. The van der Waals surface area contributed by atoms with E-state index in [9.17, 15) is 4.79 Å². The summed E-state index contributed by atoms with van der Waals surface area (Å²) in [5.74, 6) is 0.433. The zero-order valence-corrected chi connectivity index (χ0v) is 11.1. The van der Waals surface area contributed by atoms with E-state index in [0.717, 1.165) is 18.8 Å². The van der Waals surface area contributed by atoms with Crippen molar-refractivity contribution < 1.29 is 9.53 Å². The second kappa shape index (κ2) is 7.10. The van der Waals surface area contributed by atoms with E-state index < -0.39 is 4.87 Å². The van der Waals surface area contributed by atoms with Gasteiger partial charge in [-0.25, -0.2) is 0 Å². The largest absolute Gasteiger partial charge is 0.464 e. The summed E-state index contributed by atoms with van der Waals surface area (Å²) in [6.45, 7) is 8.23. The smallest absolute Gasteiger partial charge is 0.326 e. The maximum Gasteiger partial charge on any atom is 0.326 e. The van der Waals surface area contributed by atoms with Crippen molar-refractivity contribution in [2.24, 2.45) is 5.92 Å². The number of carbonyl (C=O) groups is 1. The molecule has 0 N–H and O–H groups in total. The number of unbranched alkanes of at least 4 members (excludes halogenated alkanes) is 2. The Bertz CT molecular complexity index is 183. The average Bonchev–Trinajstić information content (AvgIpc) is 2.08. The molecule has 0 unspecified atom stereocenters. The van der Waals surface area contributed by atoms with E-state index in [-0.39, 0.29) is 5.97 Å². The van der Waals surface area contributed by atoms with Gasteiger partial charge < -0.3 is 4.74 Å². The van der Waals surface area contributed by atoms with E-state index in [4.69, 9.17) is 16.3 Å². The fourth-order valence-electron chi connectivity index (χ4n) is 1.17. The number of hydrogen-bond acceptors (Lipinski definition) is 2. The molecule has 15 heavy (non-hydrogen) atoms. The third-order valence-corrected chi connectivity index (χ3v) is 2.30. The molecule has 0 fully saturated rings. The van der Waals surface area contributed by atoms with Crippen LogP contribution in [0.3, 0.4) is 0 Å². The Morgan fingerprint density at radius 1 is 1.27 bits per heavy atom. The van der Waals surface area contributed by atoms with Gasteiger partial charge in [0, 0.05) is 0 Å². The van der Waals surface area contributed by atoms with E-state index in [1.165, 1.54) is 12.8 Å². The van der Waals surface area contributed by atoms with Gasteiger partial charge in [-0.1, -0.05) is 33.1 Å². The monoisotopic (exact) mass is 234 g/mol. The zero-order chi connectivity index (χ0) is 11.9. The Morgan fingerprint density at radius 3 is 2.33 bits per heavy atom. The Kier molecular flexibility index (Phi) is 6.99. The van der Waals surface area contributed by atoms with Crippen molar-refractivity contribution in [3.8, 4) is 0 Å². The second-order valence-electron chi connectivity index (χ2n) is 4.85. The Balaban J connectivity index is 3.36. The van der Waals surface area contributed by atoms with Gasteiger partial charge in [0.05, 0.1) is 6.61 Å².